The van der Waals surface area contributed by atoms with Gasteiger partial charge in [-0.1, -0.05) is 36.4 Å². The van der Waals surface area contributed by atoms with Crippen molar-refractivity contribution >= 4 is 26.6 Å². The molecular formula is C18H22N2O3S. The molecule has 1 heterocycles. The number of carbonyl (C=O) groups is 1. The van der Waals surface area contributed by atoms with E-state index in [0.717, 1.165) is 16.3 Å². The van der Waals surface area contributed by atoms with Crippen LogP contribution in [-0.2, 0) is 9.84 Å². The van der Waals surface area contributed by atoms with Crippen molar-refractivity contribution in [2.75, 3.05) is 19.3 Å². The van der Waals surface area contributed by atoms with E-state index >= 15 is 0 Å². The number of nitrogens with zero attached hydrogens (tertiary/aromatic N) is 1. The Balaban J connectivity index is 1.67. The Hall–Kier alpha value is -2.08. The molecule has 1 aliphatic rings. The van der Waals surface area contributed by atoms with E-state index in [0.29, 0.717) is 13.0 Å². The lowest BCUT2D eigenvalue weighted by Crippen LogP contribution is -2.40. The average molecular weight is 346 g/mol. The number of rotatable bonds is 3. The number of hydrogen-bond donors (Lipinski definition) is 1. The fourth-order valence-corrected chi connectivity index (χ4v) is 4.08. The Bertz CT molecular complexity index is 863. The Labute approximate surface area is 142 Å². The normalized spacial score (nSPS) is 19.4. The van der Waals surface area contributed by atoms with Crippen LogP contribution in [-0.4, -0.2) is 43.9 Å². The average Bonchev–Trinajstić information content (AvgIpc) is 3.04. The van der Waals surface area contributed by atoms with Crippen molar-refractivity contribution in [3.05, 3.63) is 48.0 Å². The molecular weight excluding hydrogens is 324 g/mol. The molecule has 2 atom stereocenters. The zero-order valence-corrected chi connectivity index (χ0v) is 14.7. The van der Waals surface area contributed by atoms with Crippen molar-refractivity contribution in [1.82, 2.24) is 10.2 Å². The summed E-state index contributed by atoms with van der Waals surface area (Å²) in [5, 5.41) is 4.82. The second-order valence-electron chi connectivity index (χ2n) is 6.46. The van der Waals surface area contributed by atoms with Crippen LogP contribution in [0.5, 0.6) is 0 Å². The van der Waals surface area contributed by atoms with Gasteiger partial charge in [-0.3, -0.25) is 0 Å². The molecule has 128 valence electrons. The number of sulfone groups is 1. The zero-order valence-electron chi connectivity index (χ0n) is 13.9. The lowest BCUT2D eigenvalue weighted by Gasteiger charge is -2.21. The molecule has 2 amide bonds. The Kier molecular flexibility index (Phi) is 4.49. The molecule has 1 fully saturated rings. The van der Waals surface area contributed by atoms with Crippen LogP contribution in [0.15, 0.2) is 42.5 Å². The van der Waals surface area contributed by atoms with Gasteiger partial charge in [0, 0.05) is 19.3 Å². The van der Waals surface area contributed by atoms with Crippen LogP contribution < -0.4 is 5.32 Å². The first kappa shape index (κ1) is 16.8. The highest BCUT2D eigenvalue weighted by Crippen LogP contribution is 2.21. The van der Waals surface area contributed by atoms with Gasteiger partial charge >= 0.3 is 6.03 Å². The lowest BCUT2D eigenvalue weighted by atomic mass is 10.0. The Morgan fingerprint density at radius 1 is 1.21 bits per heavy atom. The third kappa shape index (κ3) is 3.53. The number of benzene rings is 2. The highest BCUT2D eigenvalue weighted by molar-refractivity contribution is 7.91. The third-order valence-corrected chi connectivity index (χ3v) is 6.25. The summed E-state index contributed by atoms with van der Waals surface area (Å²) < 4.78 is 23.2. The van der Waals surface area contributed by atoms with E-state index in [1.807, 2.05) is 37.3 Å². The van der Waals surface area contributed by atoms with Crippen LogP contribution >= 0.6 is 0 Å². The van der Waals surface area contributed by atoms with Crippen LogP contribution in [0.3, 0.4) is 0 Å². The molecule has 0 aromatic heterocycles. The Morgan fingerprint density at radius 2 is 1.92 bits per heavy atom. The van der Waals surface area contributed by atoms with Gasteiger partial charge in [0.2, 0.25) is 0 Å². The van der Waals surface area contributed by atoms with Gasteiger partial charge in [0.05, 0.1) is 11.3 Å². The Morgan fingerprint density at radius 3 is 2.58 bits per heavy atom. The zero-order chi connectivity index (χ0) is 17.3. The molecule has 1 saturated heterocycles. The van der Waals surface area contributed by atoms with Crippen molar-refractivity contribution in [1.29, 1.82) is 0 Å². The minimum atomic E-state index is -3.10. The quantitative estimate of drug-likeness (QED) is 0.929. The maximum Gasteiger partial charge on any atom is 0.317 e. The first-order valence-electron chi connectivity index (χ1n) is 8.07. The molecule has 0 aliphatic carbocycles. The molecule has 24 heavy (non-hydrogen) atoms. The van der Waals surface area contributed by atoms with Gasteiger partial charge in [0.1, 0.15) is 0 Å². The molecule has 5 nitrogen and oxygen atoms in total. The summed E-state index contributed by atoms with van der Waals surface area (Å²) in [5.41, 5.74) is 1.03. The van der Waals surface area contributed by atoms with Crippen molar-refractivity contribution < 1.29 is 13.2 Å². The number of nitrogens with one attached hydrogen (secondary N) is 1. The van der Waals surface area contributed by atoms with Crippen molar-refractivity contribution in [3.8, 4) is 0 Å². The minimum absolute atomic E-state index is 0.139. The van der Waals surface area contributed by atoms with E-state index in [1.165, 1.54) is 6.26 Å². The number of hydrogen-bond acceptors (Lipinski definition) is 3. The monoisotopic (exact) mass is 346 g/mol. The second kappa shape index (κ2) is 6.43. The summed E-state index contributed by atoms with van der Waals surface area (Å²) in [6.45, 7) is 2.69. The van der Waals surface area contributed by atoms with E-state index in [-0.39, 0.29) is 18.6 Å². The molecule has 1 aliphatic heterocycles. The maximum atomic E-state index is 12.4. The van der Waals surface area contributed by atoms with Gasteiger partial charge in [0.15, 0.2) is 9.84 Å². The molecule has 0 bridgehead atoms. The molecule has 1 N–H and O–H groups in total. The molecule has 0 unspecified atom stereocenters. The van der Waals surface area contributed by atoms with E-state index < -0.39 is 15.1 Å². The van der Waals surface area contributed by atoms with Gasteiger partial charge < -0.3 is 10.2 Å². The molecule has 3 rings (SSSR count). The van der Waals surface area contributed by atoms with Gasteiger partial charge in [-0.15, -0.1) is 0 Å². The highest BCUT2D eigenvalue weighted by Gasteiger charge is 2.32. The molecule has 0 saturated carbocycles. The van der Waals surface area contributed by atoms with Gasteiger partial charge in [-0.25, -0.2) is 13.2 Å². The van der Waals surface area contributed by atoms with E-state index in [1.54, 1.807) is 4.90 Å². The highest BCUT2D eigenvalue weighted by atomic mass is 32.2. The summed E-state index contributed by atoms with van der Waals surface area (Å²) in [6, 6.07) is 13.9. The number of urea groups is 1. The van der Waals surface area contributed by atoms with Crippen LogP contribution in [0.25, 0.3) is 10.8 Å². The van der Waals surface area contributed by atoms with E-state index in [9.17, 15) is 13.2 Å². The standard InChI is InChI=1S/C18H22N2O3S/c1-13(15-8-7-14-5-3-4-6-16(14)11-15)19-18(21)20-10-9-17(12-20)24(2,22)23/h3-8,11,13,17H,9-10,12H2,1-2H3,(H,19,21)/t13-,17+/m0/s1. The molecule has 2 aromatic rings. The van der Waals surface area contributed by atoms with Crippen LogP contribution in [0.4, 0.5) is 4.79 Å². The number of fused-ring (bicyclic) bond motifs is 1. The summed E-state index contributed by atoms with van der Waals surface area (Å²) in [7, 11) is -3.10. The summed E-state index contributed by atoms with van der Waals surface area (Å²) in [5.74, 6) is 0. The summed E-state index contributed by atoms with van der Waals surface area (Å²) >= 11 is 0. The third-order valence-electron chi connectivity index (χ3n) is 4.65. The van der Waals surface area contributed by atoms with Gasteiger partial charge in [0.25, 0.3) is 0 Å². The first-order chi connectivity index (χ1) is 11.3. The van der Waals surface area contributed by atoms with Gasteiger partial charge in [-0.2, -0.15) is 0 Å². The predicted octanol–water partition coefficient (Wildman–Crippen LogP) is 2.73. The van der Waals surface area contributed by atoms with Crippen molar-refractivity contribution in [2.24, 2.45) is 0 Å². The SMILES string of the molecule is C[C@H](NC(=O)N1CC[C@@H](S(C)(=O)=O)C1)c1ccc2ccccc2c1. The van der Waals surface area contributed by atoms with Crippen LogP contribution in [0, 0.1) is 0 Å². The fraction of sp³-hybridized carbons (Fsp3) is 0.389. The topological polar surface area (TPSA) is 66.5 Å². The van der Waals surface area contributed by atoms with E-state index in [2.05, 4.69) is 17.4 Å². The second-order valence-corrected chi connectivity index (χ2v) is 8.79. The lowest BCUT2D eigenvalue weighted by molar-refractivity contribution is 0.205. The molecule has 0 spiro atoms. The molecule has 6 heteroatoms. The molecule has 0 radical (unpaired) electrons. The number of likely N-dealkylation sites (tertiary alicyclic amines) is 1. The van der Waals surface area contributed by atoms with Crippen molar-refractivity contribution in [2.45, 2.75) is 24.6 Å². The van der Waals surface area contributed by atoms with Crippen LogP contribution in [0.1, 0.15) is 24.9 Å². The largest absolute Gasteiger partial charge is 0.331 e. The summed E-state index contributed by atoms with van der Waals surface area (Å²) in [6.07, 6.45) is 1.74. The first-order valence-corrected chi connectivity index (χ1v) is 10.0. The molecule has 2 aromatic carbocycles. The van der Waals surface area contributed by atoms with Gasteiger partial charge in [-0.05, 0) is 35.7 Å². The predicted molar refractivity (Wildman–Crippen MR) is 95.7 cm³/mol. The van der Waals surface area contributed by atoms with Crippen molar-refractivity contribution in [3.63, 3.8) is 0 Å². The minimum Gasteiger partial charge on any atom is -0.331 e. The number of amides is 2. The fourth-order valence-electron chi connectivity index (χ4n) is 3.10. The van der Waals surface area contributed by atoms with E-state index in [4.69, 9.17) is 0 Å². The summed E-state index contributed by atoms with van der Waals surface area (Å²) in [4.78, 5) is 14.0. The maximum absolute atomic E-state index is 12.4. The van der Waals surface area contributed by atoms with Crippen LogP contribution in [0.2, 0.25) is 0 Å². The smallest absolute Gasteiger partial charge is 0.317 e. The number of carbonyl (C=O) groups excluding carboxylic acids is 1.